The maximum Gasteiger partial charge on any atom is 0.204 e. The lowest BCUT2D eigenvalue weighted by atomic mass is 10.2. The van der Waals surface area contributed by atoms with Crippen molar-refractivity contribution in [2.75, 3.05) is 41.7 Å². The summed E-state index contributed by atoms with van der Waals surface area (Å²) in [6.07, 6.45) is 5.13. The number of carbonyl (C=O) groups excluding carboxylic acids is 2. The quantitative estimate of drug-likeness (QED) is 0.0589. The van der Waals surface area contributed by atoms with Crippen LogP contribution >= 0.6 is 0 Å². The van der Waals surface area contributed by atoms with E-state index in [0.29, 0.717) is 70.0 Å². The summed E-state index contributed by atoms with van der Waals surface area (Å²) >= 11 is 0. The summed E-state index contributed by atoms with van der Waals surface area (Å²) in [4.78, 5) is 39.0. The van der Waals surface area contributed by atoms with Crippen molar-refractivity contribution in [1.82, 2.24) is 49.5 Å². The van der Waals surface area contributed by atoms with Crippen molar-refractivity contribution in [2.45, 2.75) is 75.8 Å². The van der Waals surface area contributed by atoms with Gasteiger partial charge in [0.15, 0.2) is 54.5 Å². The number of benzene rings is 2. The van der Waals surface area contributed by atoms with Crippen LogP contribution in [0.1, 0.15) is 72.0 Å². The summed E-state index contributed by atoms with van der Waals surface area (Å²) < 4.78 is 103. The third-order valence-electron chi connectivity index (χ3n) is 12.1. The van der Waals surface area contributed by atoms with Crippen molar-refractivity contribution < 1.29 is 63.7 Å². The molecule has 78 heavy (non-hydrogen) atoms. The van der Waals surface area contributed by atoms with Gasteiger partial charge in [0, 0.05) is 24.8 Å². The first-order valence-corrected chi connectivity index (χ1v) is 27.4. The van der Waals surface area contributed by atoms with Gasteiger partial charge >= 0.3 is 0 Å². The molecule has 0 spiro atoms. The lowest BCUT2D eigenvalue weighted by molar-refractivity contribution is -0.114. The van der Waals surface area contributed by atoms with E-state index in [4.69, 9.17) is 37.3 Å². The average Bonchev–Trinajstić information content (AvgIpc) is 4.35. The van der Waals surface area contributed by atoms with Crippen LogP contribution in [0.25, 0.3) is 34.5 Å². The molecule has 24 nitrogen and oxygen atoms in total. The number of nitrogens with zero attached hydrogens (tertiary/aromatic N) is 10. The second kappa shape index (κ2) is 25.3. The second-order valence-electron chi connectivity index (χ2n) is 17.5. The SMILES string of the molecule is COc1cccc(OC)c1-n1c(CS(=O)(=O)[C@@H](C)[C@@H](OCC=O)c2ncc(C)cn2)nnc1-c1ccc(C)o1.COc1cccc(OC)c1-n1c(CS(=O)(=O)[C@H](C)[C@H](OCC=O)c2ncc(C)cn2)nnc1-c1ccc(C)o1. The molecule has 0 saturated carbocycles. The highest BCUT2D eigenvalue weighted by atomic mass is 32.2. The van der Waals surface area contributed by atoms with Gasteiger partial charge in [0.25, 0.3) is 0 Å². The van der Waals surface area contributed by atoms with Gasteiger partial charge < -0.3 is 46.8 Å². The van der Waals surface area contributed by atoms with Crippen LogP contribution in [-0.2, 0) is 50.2 Å². The van der Waals surface area contributed by atoms with Crippen LogP contribution in [0, 0.1) is 27.7 Å². The molecule has 2 aromatic carbocycles. The minimum Gasteiger partial charge on any atom is -0.494 e. The van der Waals surface area contributed by atoms with Crippen LogP contribution in [0.4, 0.5) is 0 Å². The Labute approximate surface area is 450 Å². The van der Waals surface area contributed by atoms with Crippen LogP contribution in [0.3, 0.4) is 0 Å². The molecule has 6 aromatic heterocycles. The molecule has 412 valence electrons. The monoisotopic (exact) mass is 1110 g/mol. The van der Waals surface area contributed by atoms with E-state index in [1.807, 2.05) is 13.8 Å². The predicted molar refractivity (Wildman–Crippen MR) is 281 cm³/mol. The Morgan fingerprint density at radius 3 is 1.13 bits per heavy atom. The van der Waals surface area contributed by atoms with Gasteiger partial charge in [0.05, 0.1) is 38.9 Å². The van der Waals surface area contributed by atoms with Crippen molar-refractivity contribution in [3.05, 3.63) is 131 Å². The Morgan fingerprint density at radius 1 is 0.513 bits per heavy atom. The first-order chi connectivity index (χ1) is 37.4. The Kier molecular flexibility index (Phi) is 18.7. The number of hydrogen-bond donors (Lipinski definition) is 0. The fourth-order valence-electron chi connectivity index (χ4n) is 8.05. The molecular weight excluding hydrogens is 1050 g/mol. The molecule has 4 atom stereocenters. The minimum atomic E-state index is -3.99. The van der Waals surface area contributed by atoms with E-state index in [1.165, 1.54) is 42.3 Å². The second-order valence-corrected chi connectivity index (χ2v) is 22.2. The summed E-state index contributed by atoms with van der Waals surface area (Å²) in [5.74, 6) is 3.62. The van der Waals surface area contributed by atoms with E-state index in [2.05, 4.69) is 40.3 Å². The molecule has 8 aromatic rings. The van der Waals surface area contributed by atoms with Crippen molar-refractivity contribution in [1.29, 1.82) is 0 Å². The van der Waals surface area contributed by atoms with Crippen LogP contribution < -0.4 is 18.9 Å². The smallest absolute Gasteiger partial charge is 0.204 e. The molecule has 26 heteroatoms. The molecule has 0 aliphatic heterocycles. The van der Waals surface area contributed by atoms with E-state index in [0.717, 1.165) is 11.1 Å². The van der Waals surface area contributed by atoms with Gasteiger partial charge in [-0.15, -0.1) is 20.4 Å². The molecule has 8 rings (SSSR count). The van der Waals surface area contributed by atoms with Crippen LogP contribution in [0.5, 0.6) is 23.0 Å². The standard InChI is InChI=1S/2C26H29N5O7S/c2*1-16-13-27-25(28-14-16)24(37-12-11-32)18(3)39(33,34)15-22-29-30-26(21-10-9-17(2)38-21)31(22)23-19(35-4)7-6-8-20(23)36-5/h2*6-11,13-14,18,24H,12,15H2,1-5H3/t2*18-,24+/m10/s1. The largest absolute Gasteiger partial charge is 0.494 e. The summed E-state index contributed by atoms with van der Waals surface area (Å²) in [6, 6.07) is 17.3. The van der Waals surface area contributed by atoms with Crippen molar-refractivity contribution in [3.8, 4) is 57.5 Å². The van der Waals surface area contributed by atoms with E-state index in [9.17, 15) is 26.4 Å². The van der Waals surface area contributed by atoms with Crippen LogP contribution in [0.2, 0.25) is 0 Å². The van der Waals surface area contributed by atoms with Gasteiger partial charge in [0.2, 0.25) is 11.6 Å². The molecular formula is C52H58N10O14S2. The van der Waals surface area contributed by atoms with Crippen LogP contribution in [-0.4, -0.2) is 131 Å². The lowest BCUT2D eigenvalue weighted by Gasteiger charge is -2.23. The fourth-order valence-corrected chi connectivity index (χ4v) is 10.8. The van der Waals surface area contributed by atoms with Gasteiger partial charge in [-0.1, -0.05) is 12.1 Å². The van der Waals surface area contributed by atoms with Crippen molar-refractivity contribution in [3.63, 3.8) is 0 Å². The number of methoxy groups -OCH3 is 4. The Hall–Kier alpha value is -8.20. The lowest BCUT2D eigenvalue weighted by Crippen LogP contribution is -2.31. The molecule has 0 aliphatic rings. The van der Waals surface area contributed by atoms with E-state index in [1.54, 1.807) is 108 Å². The molecule has 0 aliphatic carbocycles. The number of carbonyl (C=O) groups is 2. The highest BCUT2D eigenvalue weighted by Crippen LogP contribution is 2.40. The molecule has 0 amide bonds. The number of aldehydes is 2. The van der Waals surface area contributed by atoms with Crippen molar-refractivity contribution >= 4 is 32.2 Å². The number of para-hydroxylation sites is 2. The summed E-state index contributed by atoms with van der Waals surface area (Å²) in [5, 5.41) is 14.7. The van der Waals surface area contributed by atoms with Crippen LogP contribution in [0.15, 0.2) is 94.3 Å². The predicted octanol–water partition coefficient (Wildman–Crippen LogP) is 6.42. The minimum absolute atomic E-state index is 0.0904. The zero-order valence-corrected chi connectivity index (χ0v) is 46.0. The molecule has 0 bridgehead atoms. The molecule has 0 radical (unpaired) electrons. The summed E-state index contributed by atoms with van der Waals surface area (Å²) in [7, 11) is -2.00. The third kappa shape index (κ3) is 12.8. The van der Waals surface area contributed by atoms with Gasteiger partial charge in [0.1, 0.15) is 95.4 Å². The number of ether oxygens (including phenoxy) is 6. The van der Waals surface area contributed by atoms with E-state index < -0.39 is 53.9 Å². The molecule has 0 fully saturated rings. The maximum absolute atomic E-state index is 13.8. The molecule has 0 unspecified atom stereocenters. The number of aromatic nitrogens is 10. The first-order valence-electron chi connectivity index (χ1n) is 24.0. The topological polar surface area (TPSA) is 297 Å². The summed E-state index contributed by atoms with van der Waals surface area (Å²) in [5.41, 5.74) is 2.40. The maximum atomic E-state index is 13.8. The highest BCUT2D eigenvalue weighted by molar-refractivity contribution is 7.91. The number of aryl methyl sites for hydroxylation is 4. The number of sulfone groups is 2. The normalized spacial score (nSPS) is 13.2. The Bertz CT molecular complexity index is 3280. The highest BCUT2D eigenvalue weighted by Gasteiger charge is 2.38. The summed E-state index contributed by atoms with van der Waals surface area (Å²) in [6.45, 7) is 9.51. The van der Waals surface area contributed by atoms with E-state index in [-0.39, 0.29) is 48.2 Å². The van der Waals surface area contributed by atoms with Gasteiger partial charge in [-0.3, -0.25) is 9.13 Å². The van der Waals surface area contributed by atoms with Gasteiger partial charge in [-0.05, 0) is 101 Å². The fraction of sp³-hybridized carbons (Fsp3) is 0.346. The number of hydrogen-bond acceptors (Lipinski definition) is 22. The Balaban J connectivity index is 0.000000226. The molecule has 6 heterocycles. The zero-order chi connectivity index (χ0) is 56.3. The van der Waals surface area contributed by atoms with Gasteiger partial charge in [-0.25, -0.2) is 36.8 Å². The molecule has 0 saturated heterocycles. The van der Waals surface area contributed by atoms with Gasteiger partial charge in [-0.2, -0.15) is 0 Å². The first kappa shape index (κ1) is 57.5. The van der Waals surface area contributed by atoms with E-state index >= 15 is 0 Å². The molecule has 0 N–H and O–H groups in total. The number of furan rings is 2. The average molecular weight is 1110 g/mol. The van der Waals surface area contributed by atoms with Crippen molar-refractivity contribution in [2.24, 2.45) is 0 Å². The number of rotatable bonds is 24. The third-order valence-corrected chi connectivity index (χ3v) is 16.2. The zero-order valence-electron chi connectivity index (χ0n) is 44.4. The Morgan fingerprint density at radius 2 is 0.846 bits per heavy atom.